The Kier molecular flexibility index (Phi) is 7.09. The van der Waals surface area contributed by atoms with Crippen molar-refractivity contribution in [1.82, 2.24) is 5.32 Å². The molecule has 0 fully saturated rings. The van der Waals surface area contributed by atoms with Crippen LogP contribution in [-0.4, -0.2) is 30.3 Å². The van der Waals surface area contributed by atoms with Gasteiger partial charge in [0.2, 0.25) is 0 Å². The summed E-state index contributed by atoms with van der Waals surface area (Å²) in [5, 5.41) is 12.2. The second kappa shape index (κ2) is 8.59. The molecular formula is C16H25NO3. The number of aliphatic hydroxyl groups excluding tert-OH is 1. The third kappa shape index (κ3) is 5.61. The van der Waals surface area contributed by atoms with Gasteiger partial charge in [-0.05, 0) is 37.0 Å². The predicted octanol–water partition coefficient (Wildman–Crippen LogP) is 2.61. The highest BCUT2D eigenvalue weighted by molar-refractivity contribution is 5.94. The standard InChI is InChI=1S/C16H25NO3/c1-4-8-20-15-7-5-6-13(10-15)16(19)17-14(11-18)9-12(2)3/h5-7,10,12,14,18H,4,8-9,11H2,1-3H3,(H,17,19). The number of benzene rings is 1. The number of rotatable bonds is 8. The lowest BCUT2D eigenvalue weighted by Crippen LogP contribution is -2.38. The predicted molar refractivity (Wildman–Crippen MR) is 80.0 cm³/mol. The summed E-state index contributed by atoms with van der Waals surface area (Å²) >= 11 is 0. The molecule has 0 aliphatic heterocycles. The second-order valence-corrected chi connectivity index (χ2v) is 5.36. The zero-order chi connectivity index (χ0) is 15.0. The van der Waals surface area contributed by atoms with Crippen molar-refractivity contribution in [1.29, 1.82) is 0 Å². The SMILES string of the molecule is CCCOc1cccc(C(=O)NC(CO)CC(C)C)c1. The Morgan fingerprint density at radius 1 is 1.40 bits per heavy atom. The van der Waals surface area contributed by atoms with Crippen LogP contribution in [0.2, 0.25) is 0 Å². The average molecular weight is 279 g/mol. The van der Waals surface area contributed by atoms with Crippen LogP contribution in [0.1, 0.15) is 44.0 Å². The summed E-state index contributed by atoms with van der Waals surface area (Å²) < 4.78 is 5.51. The summed E-state index contributed by atoms with van der Waals surface area (Å²) in [6.45, 7) is 6.75. The van der Waals surface area contributed by atoms with E-state index in [1.807, 2.05) is 13.0 Å². The van der Waals surface area contributed by atoms with Crippen molar-refractivity contribution in [3.63, 3.8) is 0 Å². The van der Waals surface area contributed by atoms with E-state index in [0.29, 0.717) is 23.8 Å². The van der Waals surface area contributed by atoms with Crippen LogP contribution >= 0.6 is 0 Å². The molecular weight excluding hydrogens is 254 g/mol. The van der Waals surface area contributed by atoms with Crippen LogP contribution in [-0.2, 0) is 0 Å². The zero-order valence-corrected chi connectivity index (χ0v) is 12.6. The van der Waals surface area contributed by atoms with E-state index in [9.17, 15) is 9.90 Å². The Bertz CT molecular complexity index is 418. The van der Waals surface area contributed by atoms with E-state index in [-0.39, 0.29) is 18.6 Å². The first-order valence-electron chi connectivity index (χ1n) is 7.21. The van der Waals surface area contributed by atoms with Gasteiger partial charge in [-0.25, -0.2) is 0 Å². The first-order chi connectivity index (χ1) is 9.56. The Labute approximate surface area is 121 Å². The lowest BCUT2D eigenvalue weighted by atomic mass is 10.0. The Hall–Kier alpha value is -1.55. The van der Waals surface area contributed by atoms with Crippen LogP contribution < -0.4 is 10.1 Å². The quantitative estimate of drug-likeness (QED) is 0.769. The maximum absolute atomic E-state index is 12.1. The van der Waals surface area contributed by atoms with Crippen molar-refractivity contribution >= 4 is 5.91 Å². The van der Waals surface area contributed by atoms with Crippen LogP contribution in [0.15, 0.2) is 24.3 Å². The summed E-state index contributed by atoms with van der Waals surface area (Å²) in [6.07, 6.45) is 1.69. The number of aliphatic hydroxyl groups is 1. The third-order valence-corrected chi connectivity index (χ3v) is 2.88. The van der Waals surface area contributed by atoms with Crippen LogP contribution in [0.5, 0.6) is 5.75 Å². The van der Waals surface area contributed by atoms with Crippen molar-refractivity contribution in [3.8, 4) is 5.75 Å². The number of amides is 1. The minimum Gasteiger partial charge on any atom is -0.494 e. The molecule has 112 valence electrons. The molecule has 0 aliphatic rings. The minimum atomic E-state index is -0.206. The van der Waals surface area contributed by atoms with E-state index in [2.05, 4.69) is 19.2 Å². The molecule has 0 aliphatic carbocycles. The normalized spacial score (nSPS) is 12.2. The van der Waals surface area contributed by atoms with Crippen molar-refractivity contribution in [2.45, 2.75) is 39.7 Å². The molecule has 0 saturated heterocycles. The van der Waals surface area contributed by atoms with Gasteiger partial charge in [0.1, 0.15) is 5.75 Å². The summed E-state index contributed by atoms with van der Waals surface area (Å²) in [4.78, 5) is 12.1. The van der Waals surface area contributed by atoms with Crippen LogP contribution in [0.4, 0.5) is 0 Å². The molecule has 1 amide bonds. The second-order valence-electron chi connectivity index (χ2n) is 5.36. The van der Waals surface area contributed by atoms with E-state index < -0.39 is 0 Å². The van der Waals surface area contributed by atoms with Gasteiger partial charge in [-0.3, -0.25) is 4.79 Å². The lowest BCUT2D eigenvalue weighted by Gasteiger charge is -2.18. The fraction of sp³-hybridized carbons (Fsp3) is 0.562. The number of nitrogens with one attached hydrogen (secondary N) is 1. The van der Waals surface area contributed by atoms with Gasteiger partial charge in [0.05, 0.1) is 19.3 Å². The van der Waals surface area contributed by atoms with Crippen molar-refractivity contribution in [3.05, 3.63) is 29.8 Å². The highest BCUT2D eigenvalue weighted by Gasteiger charge is 2.14. The molecule has 0 bridgehead atoms. The highest BCUT2D eigenvalue weighted by atomic mass is 16.5. The fourth-order valence-electron chi connectivity index (χ4n) is 1.96. The van der Waals surface area contributed by atoms with E-state index in [0.717, 1.165) is 12.8 Å². The molecule has 4 nitrogen and oxygen atoms in total. The number of hydrogen-bond acceptors (Lipinski definition) is 3. The minimum absolute atomic E-state index is 0.0457. The first kappa shape index (κ1) is 16.5. The molecule has 0 heterocycles. The van der Waals surface area contributed by atoms with Gasteiger partial charge in [-0.1, -0.05) is 26.8 Å². The molecule has 1 unspecified atom stereocenters. The highest BCUT2D eigenvalue weighted by Crippen LogP contribution is 2.14. The molecule has 1 rings (SSSR count). The van der Waals surface area contributed by atoms with Gasteiger partial charge in [-0.2, -0.15) is 0 Å². The van der Waals surface area contributed by atoms with Crippen molar-refractivity contribution < 1.29 is 14.6 Å². The van der Waals surface area contributed by atoms with Crippen LogP contribution in [0, 0.1) is 5.92 Å². The van der Waals surface area contributed by atoms with Gasteiger partial charge in [0, 0.05) is 5.56 Å². The summed E-state index contributed by atoms with van der Waals surface area (Å²) in [7, 11) is 0. The van der Waals surface area contributed by atoms with E-state index >= 15 is 0 Å². The average Bonchev–Trinajstić information content (AvgIpc) is 2.44. The molecule has 1 aromatic carbocycles. The molecule has 0 saturated carbocycles. The van der Waals surface area contributed by atoms with Crippen molar-refractivity contribution in [2.24, 2.45) is 5.92 Å². The first-order valence-corrected chi connectivity index (χ1v) is 7.21. The molecule has 2 N–H and O–H groups in total. The fourth-order valence-corrected chi connectivity index (χ4v) is 1.96. The summed E-state index contributed by atoms with van der Waals surface area (Å²) in [5.74, 6) is 0.947. The van der Waals surface area contributed by atoms with Gasteiger partial charge < -0.3 is 15.2 Å². The number of ether oxygens (including phenoxy) is 1. The van der Waals surface area contributed by atoms with Crippen molar-refractivity contribution in [2.75, 3.05) is 13.2 Å². The van der Waals surface area contributed by atoms with Gasteiger partial charge in [0.25, 0.3) is 5.91 Å². The molecule has 1 aromatic rings. The monoisotopic (exact) mass is 279 g/mol. The lowest BCUT2D eigenvalue weighted by molar-refractivity contribution is 0.0908. The largest absolute Gasteiger partial charge is 0.494 e. The molecule has 0 radical (unpaired) electrons. The van der Waals surface area contributed by atoms with Gasteiger partial charge >= 0.3 is 0 Å². The number of carbonyl (C=O) groups is 1. The molecule has 20 heavy (non-hydrogen) atoms. The summed E-state index contributed by atoms with van der Waals surface area (Å²) in [6, 6.07) is 6.91. The maximum Gasteiger partial charge on any atom is 0.251 e. The Morgan fingerprint density at radius 3 is 2.75 bits per heavy atom. The molecule has 4 heteroatoms. The van der Waals surface area contributed by atoms with E-state index in [4.69, 9.17) is 4.74 Å². The maximum atomic E-state index is 12.1. The van der Waals surface area contributed by atoms with Crippen LogP contribution in [0.25, 0.3) is 0 Å². The third-order valence-electron chi connectivity index (χ3n) is 2.88. The van der Waals surface area contributed by atoms with Crippen LogP contribution in [0.3, 0.4) is 0 Å². The Balaban J connectivity index is 2.66. The molecule has 0 spiro atoms. The Morgan fingerprint density at radius 2 is 2.15 bits per heavy atom. The topological polar surface area (TPSA) is 58.6 Å². The van der Waals surface area contributed by atoms with E-state index in [1.54, 1.807) is 18.2 Å². The van der Waals surface area contributed by atoms with Gasteiger partial charge in [0.15, 0.2) is 0 Å². The zero-order valence-electron chi connectivity index (χ0n) is 12.6. The van der Waals surface area contributed by atoms with Gasteiger partial charge in [-0.15, -0.1) is 0 Å². The smallest absolute Gasteiger partial charge is 0.251 e. The summed E-state index contributed by atoms with van der Waals surface area (Å²) in [5.41, 5.74) is 0.556. The molecule has 1 atom stereocenters. The van der Waals surface area contributed by atoms with E-state index in [1.165, 1.54) is 0 Å². The molecule has 0 aromatic heterocycles. The number of hydrogen-bond donors (Lipinski definition) is 2. The number of carbonyl (C=O) groups excluding carboxylic acids is 1.